The van der Waals surface area contributed by atoms with E-state index in [4.69, 9.17) is 4.74 Å². The van der Waals surface area contributed by atoms with Crippen LogP contribution in [0.3, 0.4) is 0 Å². The Labute approximate surface area is 164 Å². The number of imide groups is 1. The van der Waals surface area contributed by atoms with Crippen LogP contribution in [0.25, 0.3) is 0 Å². The molecule has 1 saturated carbocycles. The Morgan fingerprint density at radius 3 is 2.36 bits per heavy atom. The van der Waals surface area contributed by atoms with Crippen LogP contribution in [0.5, 0.6) is 0 Å². The molecule has 2 aliphatic heterocycles. The fourth-order valence-corrected chi connectivity index (χ4v) is 4.37. The van der Waals surface area contributed by atoms with Crippen LogP contribution in [-0.2, 0) is 19.1 Å². The zero-order valence-electron chi connectivity index (χ0n) is 16.1. The van der Waals surface area contributed by atoms with Gasteiger partial charge in [0.1, 0.15) is 11.9 Å². The number of carbonyl (C=O) groups is 3. The van der Waals surface area contributed by atoms with E-state index in [0.717, 1.165) is 44.6 Å². The molecule has 0 aromatic carbocycles. The largest absolute Gasteiger partial charge is 0.378 e. The van der Waals surface area contributed by atoms with E-state index < -0.39 is 6.04 Å². The summed E-state index contributed by atoms with van der Waals surface area (Å²) in [4.78, 5) is 45.7. The molecule has 4 rings (SSSR count). The maximum atomic E-state index is 12.7. The van der Waals surface area contributed by atoms with E-state index in [9.17, 15) is 14.4 Å². The summed E-state index contributed by atoms with van der Waals surface area (Å²) < 4.78 is 5.34. The maximum absolute atomic E-state index is 12.7. The molecule has 28 heavy (non-hydrogen) atoms. The highest BCUT2D eigenvalue weighted by Gasteiger charge is 2.50. The third-order valence-corrected chi connectivity index (χ3v) is 5.99. The van der Waals surface area contributed by atoms with Crippen molar-refractivity contribution < 1.29 is 19.1 Å². The third kappa shape index (κ3) is 3.48. The number of pyridine rings is 1. The first kappa shape index (κ1) is 18.9. The minimum Gasteiger partial charge on any atom is -0.378 e. The van der Waals surface area contributed by atoms with Crippen molar-refractivity contribution in [3.8, 4) is 0 Å². The van der Waals surface area contributed by atoms with E-state index >= 15 is 0 Å². The summed E-state index contributed by atoms with van der Waals surface area (Å²) in [5.74, 6) is -0.419. The number of carbonyl (C=O) groups excluding carboxylic acids is 3. The third-order valence-electron chi connectivity index (χ3n) is 5.99. The first-order chi connectivity index (χ1) is 13.6. The van der Waals surface area contributed by atoms with Gasteiger partial charge in [0.05, 0.1) is 36.9 Å². The van der Waals surface area contributed by atoms with Gasteiger partial charge in [0, 0.05) is 13.1 Å². The van der Waals surface area contributed by atoms with E-state index in [0.29, 0.717) is 18.9 Å². The van der Waals surface area contributed by atoms with Gasteiger partial charge < -0.3 is 15.0 Å². The van der Waals surface area contributed by atoms with E-state index in [1.54, 1.807) is 19.2 Å². The number of fused-ring (bicyclic) bond motifs is 1. The molecule has 1 aliphatic carbocycles. The van der Waals surface area contributed by atoms with Crippen LogP contribution in [-0.4, -0.2) is 60.0 Å². The van der Waals surface area contributed by atoms with Gasteiger partial charge in [-0.2, -0.15) is 0 Å². The number of amides is 3. The normalized spacial score (nSPS) is 26.2. The lowest BCUT2D eigenvalue weighted by Crippen LogP contribution is -2.46. The van der Waals surface area contributed by atoms with Gasteiger partial charge in [0.25, 0.3) is 0 Å². The van der Waals surface area contributed by atoms with Crippen LogP contribution in [0.1, 0.15) is 32.6 Å². The summed E-state index contributed by atoms with van der Waals surface area (Å²) in [6, 6.07) is 2.81. The molecule has 8 nitrogen and oxygen atoms in total. The average Bonchev–Trinajstić information content (AvgIpc) is 2.99. The quantitative estimate of drug-likeness (QED) is 0.787. The molecule has 3 amide bonds. The zero-order valence-corrected chi connectivity index (χ0v) is 16.1. The van der Waals surface area contributed by atoms with Crippen molar-refractivity contribution in [3.63, 3.8) is 0 Å². The molecule has 0 bridgehead atoms. The van der Waals surface area contributed by atoms with Gasteiger partial charge in [0.2, 0.25) is 17.7 Å². The van der Waals surface area contributed by atoms with Crippen LogP contribution in [0.2, 0.25) is 0 Å². The van der Waals surface area contributed by atoms with Gasteiger partial charge in [-0.15, -0.1) is 0 Å². The van der Waals surface area contributed by atoms with Crippen molar-refractivity contribution >= 4 is 29.2 Å². The molecule has 3 atom stereocenters. The van der Waals surface area contributed by atoms with Crippen LogP contribution in [0, 0.1) is 11.8 Å². The van der Waals surface area contributed by atoms with Crippen molar-refractivity contribution in [1.29, 1.82) is 0 Å². The predicted octanol–water partition coefficient (Wildman–Crippen LogP) is 1.42. The molecule has 8 heteroatoms. The summed E-state index contributed by atoms with van der Waals surface area (Å²) in [6.07, 6.45) is 5.02. The van der Waals surface area contributed by atoms with Crippen molar-refractivity contribution in [2.24, 2.45) is 11.8 Å². The Morgan fingerprint density at radius 2 is 1.79 bits per heavy atom. The molecular formula is C20H26N4O4. The summed E-state index contributed by atoms with van der Waals surface area (Å²) in [5, 5.41) is 2.78. The molecule has 2 saturated heterocycles. The van der Waals surface area contributed by atoms with E-state index in [1.165, 1.54) is 4.90 Å². The van der Waals surface area contributed by atoms with Crippen LogP contribution < -0.4 is 10.2 Å². The lowest BCUT2D eigenvalue weighted by atomic mass is 9.81. The Bertz CT molecular complexity index is 736. The summed E-state index contributed by atoms with van der Waals surface area (Å²) in [6.45, 7) is 4.54. The number of nitrogens with one attached hydrogen (secondary N) is 1. The number of hydrogen-bond acceptors (Lipinski definition) is 6. The van der Waals surface area contributed by atoms with Gasteiger partial charge in [-0.3, -0.25) is 19.3 Å². The number of hydrogen-bond donors (Lipinski definition) is 1. The predicted molar refractivity (Wildman–Crippen MR) is 103 cm³/mol. The second kappa shape index (κ2) is 7.87. The molecular weight excluding hydrogens is 360 g/mol. The molecule has 150 valence electrons. The minimum absolute atomic E-state index is 0.196. The maximum Gasteiger partial charge on any atom is 0.247 e. The van der Waals surface area contributed by atoms with Crippen LogP contribution in [0.15, 0.2) is 18.3 Å². The van der Waals surface area contributed by atoms with Gasteiger partial charge in [-0.05, 0) is 31.9 Å². The topological polar surface area (TPSA) is 91.8 Å². The first-order valence-electron chi connectivity index (χ1n) is 10.0. The highest BCUT2D eigenvalue weighted by molar-refractivity contribution is 6.09. The fourth-order valence-electron chi connectivity index (χ4n) is 4.37. The second-order valence-electron chi connectivity index (χ2n) is 7.71. The molecule has 0 radical (unpaired) electrons. The Balaban J connectivity index is 1.40. The number of ether oxygens (including phenoxy) is 1. The van der Waals surface area contributed by atoms with Crippen LogP contribution >= 0.6 is 0 Å². The highest BCUT2D eigenvalue weighted by atomic mass is 16.5. The molecule has 1 aromatic heterocycles. The Morgan fingerprint density at radius 1 is 1.14 bits per heavy atom. The summed E-state index contributed by atoms with van der Waals surface area (Å²) in [5.41, 5.74) is 0.547. The number of aromatic nitrogens is 1. The number of rotatable bonds is 4. The fraction of sp³-hybridized carbons (Fsp3) is 0.600. The van der Waals surface area contributed by atoms with Crippen molar-refractivity contribution in [2.75, 3.05) is 36.5 Å². The number of likely N-dealkylation sites (tertiary alicyclic amines) is 1. The molecule has 3 fully saturated rings. The van der Waals surface area contributed by atoms with Crippen molar-refractivity contribution in [3.05, 3.63) is 18.3 Å². The van der Waals surface area contributed by atoms with E-state index in [2.05, 4.69) is 15.2 Å². The molecule has 0 unspecified atom stereocenters. The van der Waals surface area contributed by atoms with Gasteiger partial charge in [0.15, 0.2) is 0 Å². The van der Waals surface area contributed by atoms with Gasteiger partial charge in [-0.25, -0.2) is 4.98 Å². The summed E-state index contributed by atoms with van der Waals surface area (Å²) in [7, 11) is 0. The molecule has 3 aliphatic rings. The highest BCUT2D eigenvalue weighted by Crippen LogP contribution is 2.38. The first-order valence-corrected chi connectivity index (χ1v) is 10.0. The van der Waals surface area contributed by atoms with Gasteiger partial charge in [-0.1, -0.05) is 12.8 Å². The smallest absolute Gasteiger partial charge is 0.247 e. The second-order valence-corrected chi connectivity index (χ2v) is 7.71. The Kier molecular flexibility index (Phi) is 5.30. The molecule has 1 N–H and O–H groups in total. The standard InChI is InChI=1S/C20H26N4O4/c1-13(24-19(26)15-4-2-3-5-16(15)20(24)27)18(25)22-14-6-7-17(21-12-14)23-8-10-28-11-9-23/h6-7,12-13,15-16H,2-5,8-11H2,1H3,(H,22,25)/t13-,15-,16+/m0/s1. The molecule has 1 aromatic rings. The molecule has 0 spiro atoms. The average molecular weight is 386 g/mol. The minimum atomic E-state index is -0.829. The van der Waals surface area contributed by atoms with Crippen molar-refractivity contribution in [2.45, 2.75) is 38.6 Å². The van der Waals surface area contributed by atoms with Crippen LogP contribution in [0.4, 0.5) is 11.5 Å². The van der Waals surface area contributed by atoms with E-state index in [1.807, 2.05) is 6.07 Å². The number of morpholine rings is 1. The number of anilines is 2. The summed E-state index contributed by atoms with van der Waals surface area (Å²) >= 11 is 0. The number of nitrogens with zero attached hydrogens (tertiary/aromatic N) is 3. The Hall–Kier alpha value is -2.48. The monoisotopic (exact) mass is 386 g/mol. The molecule has 3 heterocycles. The van der Waals surface area contributed by atoms with Crippen molar-refractivity contribution in [1.82, 2.24) is 9.88 Å². The lowest BCUT2D eigenvalue weighted by molar-refractivity contribution is -0.146. The lowest BCUT2D eigenvalue weighted by Gasteiger charge is -2.27. The zero-order chi connectivity index (χ0) is 19.7. The van der Waals surface area contributed by atoms with Gasteiger partial charge >= 0.3 is 0 Å². The SMILES string of the molecule is C[C@@H](C(=O)Nc1ccc(N2CCOCC2)nc1)N1C(=O)[C@H]2CCCC[C@H]2C1=O. The van der Waals surface area contributed by atoms with E-state index in [-0.39, 0.29) is 29.6 Å².